The molecule has 0 fully saturated rings. The maximum atomic E-state index is 12.7. The van der Waals surface area contributed by atoms with E-state index < -0.39 is 0 Å². The SMILES string of the molecule is COc1ccc(CN2CCc3cc(OC)c(OC)cc3[C@@H]2[C@@H](C)NC(=O)NC(C)(C)C)cc1. The van der Waals surface area contributed by atoms with Crippen LogP contribution in [0.2, 0.25) is 0 Å². The molecule has 2 amide bonds. The van der Waals surface area contributed by atoms with Crippen LogP contribution in [0.25, 0.3) is 0 Å². The van der Waals surface area contributed by atoms with Crippen LogP contribution in [0.1, 0.15) is 50.4 Å². The molecule has 3 rings (SSSR count). The molecule has 0 bridgehead atoms. The van der Waals surface area contributed by atoms with Crippen molar-refractivity contribution in [2.75, 3.05) is 27.9 Å². The molecule has 2 N–H and O–H groups in total. The number of urea groups is 1. The van der Waals surface area contributed by atoms with Gasteiger partial charge in [-0.25, -0.2) is 4.79 Å². The van der Waals surface area contributed by atoms with Crippen LogP contribution in [0.15, 0.2) is 36.4 Å². The topological polar surface area (TPSA) is 72.1 Å². The molecular weight excluding hydrogens is 418 g/mol. The van der Waals surface area contributed by atoms with E-state index in [0.29, 0.717) is 5.75 Å². The van der Waals surface area contributed by atoms with Gasteiger partial charge in [0.05, 0.1) is 27.4 Å². The van der Waals surface area contributed by atoms with Crippen LogP contribution in [0.4, 0.5) is 4.79 Å². The Bertz CT molecular complexity index is 953. The standard InChI is InChI=1S/C26H37N3O4/c1-17(27-25(30)28-26(2,3)4)24-21-15-23(33-7)22(32-6)14-19(21)12-13-29(24)16-18-8-10-20(31-5)11-9-18/h8-11,14-15,17,24H,12-13,16H2,1-7H3,(H2,27,28,30)/t17-,24+/m1/s1. The second-order valence-electron chi connectivity index (χ2n) is 9.56. The van der Waals surface area contributed by atoms with E-state index in [-0.39, 0.29) is 23.7 Å². The number of nitrogens with zero attached hydrogens (tertiary/aromatic N) is 1. The summed E-state index contributed by atoms with van der Waals surface area (Å²) in [6, 6.07) is 11.9. The van der Waals surface area contributed by atoms with Gasteiger partial charge >= 0.3 is 6.03 Å². The van der Waals surface area contributed by atoms with E-state index in [9.17, 15) is 4.79 Å². The van der Waals surface area contributed by atoms with Gasteiger partial charge < -0.3 is 24.8 Å². The van der Waals surface area contributed by atoms with E-state index in [0.717, 1.165) is 36.6 Å². The van der Waals surface area contributed by atoms with Crippen molar-refractivity contribution in [1.29, 1.82) is 0 Å². The fourth-order valence-corrected chi connectivity index (χ4v) is 4.42. The number of rotatable bonds is 7. The van der Waals surface area contributed by atoms with Gasteiger partial charge in [-0.3, -0.25) is 4.90 Å². The van der Waals surface area contributed by atoms with E-state index in [4.69, 9.17) is 14.2 Å². The first kappa shape index (κ1) is 24.7. The van der Waals surface area contributed by atoms with E-state index in [1.54, 1.807) is 21.3 Å². The summed E-state index contributed by atoms with van der Waals surface area (Å²) in [6.45, 7) is 9.60. The molecular formula is C26H37N3O4. The predicted octanol–water partition coefficient (Wildman–Crippen LogP) is 4.30. The Morgan fingerprint density at radius 3 is 2.27 bits per heavy atom. The van der Waals surface area contributed by atoms with Crippen LogP contribution in [-0.4, -0.2) is 50.4 Å². The normalized spacial score (nSPS) is 17.0. The summed E-state index contributed by atoms with van der Waals surface area (Å²) in [5, 5.41) is 6.17. The van der Waals surface area contributed by atoms with Gasteiger partial charge in [-0.15, -0.1) is 0 Å². The van der Waals surface area contributed by atoms with Crippen LogP contribution >= 0.6 is 0 Å². The van der Waals surface area contributed by atoms with E-state index in [1.165, 1.54) is 11.1 Å². The number of amides is 2. The lowest BCUT2D eigenvalue weighted by Gasteiger charge is -2.41. The third-order valence-corrected chi connectivity index (χ3v) is 5.89. The van der Waals surface area contributed by atoms with Gasteiger partial charge in [-0.1, -0.05) is 12.1 Å². The molecule has 1 aliphatic rings. The molecule has 0 aliphatic carbocycles. The van der Waals surface area contributed by atoms with Gasteiger partial charge in [0.2, 0.25) is 0 Å². The zero-order chi connectivity index (χ0) is 24.2. The summed E-state index contributed by atoms with van der Waals surface area (Å²) in [4.78, 5) is 15.1. The average molecular weight is 456 g/mol. The Morgan fingerprint density at radius 1 is 1.06 bits per heavy atom. The van der Waals surface area contributed by atoms with Crippen molar-refractivity contribution in [3.8, 4) is 17.2 Å². The summed E-state index contributed by atoms with van der Waals surface area (Å²) in [5.41, 5.74) is 3.24. The minimum atomic E-state index is -0.312. The van der Waals surface area contributed by atoms with Crippen molar-refractivity contribution in [3.05, 3.63) is 53.1 Å². The number of nitrogens with one attached hydrogen (secondary N) is 2. The molecule has 1 aliphatic heterocycles. The molecule has 0 unspecified atom stereocenters. The molecule has 7 nitrogen and oxygen atoms in total. The Hall–Kier alpha value is -2.93. The number of carbonyl (C=O) groups excluding carboxylic acids is 1. The third-order valence-electron chi connectivity index (χ3n) is 5.89. The molecule has 2 atom stereocenters. The summed E-state index contributed by atoms with van der Waals surface area (Å²) in [5.74, 6) is 2.26. The quantitative estimate of drug-likeness (QED) is 0.651. The molecule has 2 aromatic carbocycles. The van der Waals surface area contributed by atoms with Crippen molar-refractivity contribution in [1.82, 2.24) is 15.5 Å². The largest absolute Gasteiger partial charge is 0.497 e. The van der Waals surface area contributed by atoms with Crippen molar-refractivity contribution < 1.29 is 19.0 Å². The van der Waals surface area contributed by atoms with Gasteiger partial charge in [0.1, 0.15) is 5.75 Å². The Labute approximate surface area is 197 Å². The van der Waals surface area contributed by atoms with E-state index in [1.807, 2.05) is 32.9 Å². The highest BCUT2D eigenvalue weighted by molar-refractivity contribution is 5.75. The Kier molecular flexibility index (Phi) is 7.74. The molecule has 0 radical (unpaired) electrons. The molecule has 0 saturated heterocycles. The highest BCUT2D eigenvalue weighted by Crippen LogP contribution is 2.40. The summed E-state index contributed by atoms with van der Waals surface area (Å²) in [7, 11) is 4.97. The third kappa shape index (κ3) is 6.11. The number of hydrogen-bond acceptors (Lipinski definition) is 5. The molecule has 1 heterocycles. The zero-order valence-corrected chi connectivity index (χ0v) is 20.8. The summed E-state index contributed by atoms with van der Waals surface area (Å²) < 4.78 is 16.4. The Morgan fingerprint density at radius 2 is 1.70 bits per heavy atom. The highest BCUT2D eigenvalue weighted by atomic mass is 16.5. The molecule has 7 heteroatoms. The Balaban J connectivity index is 1.94. The fourth-order valence-electron chi connectivity index (χ4n) is 4.42. The lowest BCUT2D eigenvalue weighted by molar-refractivity contribution is 0.142. The number of benzene rings is 2. The number of ether oxygens (including phenoxy) is 3. The second kappa shape index (κ2) is 10.3. The van der Waals surface area contributed by atoms with Crippen molar-refractivity contribution in [3.63, 3.8) is 0 Å². The van der Waals surface area contributed by atoms with E-state index >= 15 is 0 Å². The lowest BCUT2D eigenvalue weighted by atomic mass is 9.87. The van der Waals surface area contributed by atoms with Crippen molar-refractivity contribution >= 4 is 6.03 Å². The van der Waals surface area contributed by atoms with Gasteiger partial charge in [0.25, 0.3) is 0 Å². The second-order valence-corrected chi connectivity index (χ2v) is 9.56. The minimum Gasteiger partial charge on any atom is -0.497 e. The maximum Gasteiger partial charge on any atom is 0.315 e. The number of methoxy groups -OCH3 is 3. The van der Waals surface area contributed by atoms with Crippen molar-refractivity contribution in [2.24, 2.45) is 0 Å². The van der Waals surface area contributed by atoms with Crippen LogP contribution < -0.4 is 24.8 Å². The van der Waals surface area contributed by atoms with Crippen molar-refractivity contribution in [2.45, 2.75) is 58.3 Å². The monoisotopic (exact) mass is 455 g/mol. The fraction of sp³-hybridized carbons (Fsp3) is 0.500. The molecule has 0 spiro atoms. The van der Waals surface area contributed by atoms with Gasteiger partial charge in [0, 0.05) is 24.7 Å². The van der Waals surface area contributed by atoms with Crippen LogP contribution in [0.5, 0.6) is 17.2 Å². The smallest absolute Gasteiger partial charge is 0.315 e. The zero-order valence-electron chi connectivity index (χ0n) is 20.8. The highest BCUT2D eigenvalue weighted by Gasteiger charge is 2.34. The van der Waals surface area contributed by atoms with Gasteiger partial charge in [-0.2, -0.15) is 0 Å². The first-order chi connectivity index (χ1) is 15.6. The predicted molar refractivity (Wildman–Crippen MR) is 130 cm³/mol. The van der Waals surface area contributed by atoms with E-state index in [2.05, 4.69) is 46.7 Å². The van der Waals surface area contributed by atoms with Crippen LogP contribution in [0, 0.1) is 0 Å². The minimum absolute atomic E-state index is 0.0265. The number of hydrogen-bond donors (Lipinski definition) is 2. The van der Waals surface area contributed by atoms with Gasteiger partial charge in [0.15, 0.2) is 11.5 Å². The van der Waals surface area contributed by atoms with Crippen LogP contribution in [-0.2, 0) is 13.0 Å². The molecule has 2 aromatic rings. The number of carbonyl (C=O) groups is 1. The van der Waals surface area contributed by atoms with Crippen LogP contribution in [0.3, 0.4) is 0 Å². The van der Waals surface area contributed by atoms with Gasteiger partial charge in [-0.05, 0) is 75.1 Å². The summed E-state index contributed by atoms with van der Waals surface area (Å²) >= 11 is 0. The maximum absolute atomic E-state index is 12.7. The molecule has 180 valence electrons. The molecule has 0 aromatic heterocycles. The molecule has 33 heavy (non-hydrogen) atoms. The lowest BCUT2D eigenvalue weighted by Crippen LogP contribution is -2.53. The first-order valence-electron chi connectivity index (χ1n) is 11.4. The average Bonchev–Trinajstić information content (AvgIpc) is 2.76. The first-order valence-corrected chi connectivity index (χ1v) is 11.4. The molecule has 0 saturated carbocycles. The number of fused-ring (bicyclic) bond motifs is 1. The summed E-state index contributed by atoms with van der Waals surface area (Å²) in [6.07, 6.45) is 0.892.